The molecule has 0 aromatic heterocycles. The second kappa shape index (κ2) is 17.7. The van der Waals surface area contributed by atoms with Crippen molar-refractivity contribution in [2.45, 2.75) is 129 Å². The lowest BCUT2D eigenvalue weighted by atomic mass is 9.89. The van der Waals surface area contributed by atoms with E-state index in [0.717, 1.165) is 43.2 Å². The Bertz CT molecular complexity index is 666. The Morgan fingerprint density at radius 2 is 1.03 bits per heavy atom. The van der Waals surface area contributed by atoms with Gasteiger partial charge in [0, 0.05) is 0 Å². The fourth-order valence-corrected chi connectivity index (χ4v) is 4.52. The minimum atomic E-state index is -1.15. The molecule has 1 aromatic carbocycles. The molecule has 2 N–H and O–H groups in total. The smallest absolute Gasteiger partial charge is 0.336 e. The maximum atomic E-state index is 12.0. The molecule has 0 unspecified atom stereocenters. The van der Waals surface area contributed by atoms with Gasteiger partial charge in [0.15, 0.2) is 0 Å². The number of aromatic carboxylic acids is 2. The number of benzene rings is 1. The van der Waals surface area contributed by atoms with E-state index in [9.17, 15) is 19.8 Å². The van der Waals surface area contributed by atoms with Gasteiger partial charge in [-0.05, 0) is 42.9 Å². The second-order valence-corrected chi connectivity index (χ2v) is 9.19. The first-order valence-electron chi connectivity index (χ1n) is 13.1. The molecule has 32 heavy (non-hydrogen) atoms. The molecule has 1 rings (SSSR count). The predicted octanol–water partition coefficient (Wildman–Crippen LogP) is 8.45. The Balaban J connectivity index is 2.67. The summed E-state index contributed by atoms with van der Waals surface area (Å²) in [5.41, 5.74) is 1.72. The molecule has 182 valence electrons. The normalized spacial score (nSPS) is 11.1. The topological polar surface area (TPSA) is 74.6 Å². The molecule has 4 heteroatoms. The Morgan fingerprint density at radius 3 is 1.47 bits per heavy atom. The maximum absolute atomic E-state index is 12.0. The van der Waals surface area contributed by atoms with Crippen LogP contribution in [0, 0.1) is 0 Å². The van der Waals surface area contributed by atoms with Crippen LogP contribution in [0.3, 0.4) is 0 Å². The third-order valence-electron chi connectivity index (χ3n) is 6.43. The average molecular weight is 447 g/mol. The molecule has 1 aromatic rings. The Morgan fingerprint density at radius 1 is 0.594 bits per heavy atom. The van der Waals surface area contributed by atoms with E-state index in [-0.39, 0.29) is 11.1 Å². The van der Waals surface area contributed by atoms with Crippen LogP contribution in [-0.2, 0) is 12.8 Å². The zero-order valence-corrected chi connectivity index (χ0v) is 20.6. The van der Waals surface area contributed by atoms with Crippen molar-refractivity contribution in [2.75, 3.05) is 0 Å². The highest BCUT2D eigenvalue weighted by Crippen LogP contribution is 2.25. The molecule has 0 aliphatic heterocycles. The highest BCUT2D eigenvalue weighted by atomic mass is 16.4. The molecule has 4 nitrogen and oxygen atoms in total. The molecule has 0 amide bonds. The van der Waals surface area contributed by atoms with Gasteiger partial charge in [-0.2, -0.15) is 0 Å². The molecule has 0 atom stereocenters. The first kappa shape index (κ1) is 28.2. The summed E-state index contributed by atoms with van der Waals surface area (Å²) in [6, 6.07) is 3.35. The summed E-state index contributed by atoms with van der Waals surface area (Å²) < 4.78 is 0. The Kier molecular flexibility index (Phi) is 15.6. The molecule has 0 saturated carbocycles. The monoisotopic (exact) mass is 446 g/mol. The highest BCUT2D eigenvalue weighted by molar-refractivity contribution is 6.03. The Labute approximate surface area is 195 Å². The van der Waals surface area contributed by atoms with Crippen molar-refractivity contribution in [3.63, 3.8) is 0 Å². The highest BCUT2D eigenvalue weighted by Gasteiger charge is 2.22. The van der Waals surface area contributed by atoms with Crippen molar-refractivity contribution < 1.29 is 19.8 Å². The molecule has 0 aliphatic rings. The summed E-state index contributed by atoms with van der Waals surface area (Å²) in [4.78, 5) is 23.6. The lowest BCUT2D eigenvalue weighted by molar-refractivity contribution is 0.0650. The van der Waals surface area contributed by atoms with Crippen molar-refractivity contribution in [3.8, 4) is 0 Å². The van der Waals surface area contributed by atoms with Gasteiger partial charge < -0.3 is 10.2 Å². The first-order chi connectivity index (χ1) is 15.5. The number of carboxylic acid groups (broad SMARTS) is 2. The van der Waals surface area contributed by atoms with Gasteiger partial charge in [0.2, 0.25) is 0 Å². The van der Waals surface area contributed by atoms with Crippen LogP contribution in [0.25, 0.3) is 0 Å². The zero-order chi connectivity index (χ0) is 23.6. The molecule has 0 bridgehead atoms. The van der Waals surface area contributed by atoms with E-state index >= 15 is 0 Å². The summed E-state index contributed by atoms with van der Waals surface area (Å²) >= 11 is 0. The number of carboxylic acids is 2. The average Bonchev–Trinajstić information content (AvgIpc) is 2.77. The Hall–Kier alpha value is -1.84. The second-order valence-electron chi connectivity index (χ2n) is 9.19. The van der Waals surface area contributed by atoms with Gasteiger partial charge in [0.25, 0.3) is 0 Å². The van der Waals surface area contributed by atoms with Gasteiger partial charge >= 0.3 is 11.9 Å². The molecule has 0 aliphatic carbocycles. The third-order valence-corrected chi connectivity index (χ3v) is 6.43. The minimum absolute atomic E-state index is 0.0116. The standard InChI is InChI=1S/C28H46O4/c1-3-5-7-9-11-12-14-16-18-20-24-23(19-17-15-13-10-8-6-4-2)21-22-25(27(29)30)26(24)28(31)32/h21-22H,3-20H2,1-2H3,(H,29,30)(H,31,32). The fourth-order valence-electron chi connectivity index (χ4n) is 4.52. The van der Waals surface area contributed by atoms with Crippen molar-refractivity contribution in [3.05, 3.63) is 34.4 Å². The minimum Gasteiger partial charge on any atom is -0.478 e. The van der Waals surface area contributed by atoms with Crippen LogP contribution >= 0.6 is 0 Å². The van der Waals surface area contributed by atoms with Crippen molar-refractivity contribution >= 4 is 11.9 Å². The van der Waals surface area contributed by atoms with Crippen LogP contribution in [-0.4, -0.2) is 22.2 Å². The maximum Gasteiger partial charge on any atom is 0.336 e. The third kappa shape index (κ3) is 11.2. The summed E-state index contributed by atoms with van der Waals surface area (Å²) in [5, 5.41) is 19.3. The summed E-state index contributed by atoms with van der Waals surface area (Å²) in [6.45, 7) is 4.45. The van der Waals surface area contributed by atoms with Crippen molar-refractivity contribution in [1.82, 2.24) is 0 Å². The summed E-state index contributed by atoms with van der Waals surface area (Å²) in [7, 11) is 0. The van der Waals surface area contributed by atoms with E-state index in [0.29, 0.717) is 6.42 Å². The van der Waals surface area contributed by atoms with E-state index in [1.807, 2.05) is 6.07 Å². The summed E-state index contributed by atoms with van der Waals surface area (Å²) in [5.74, 6) is -2.27. The molecule has 0 heterocycles. The van der Waals surface area contributed by atoms with Crippen molar-refractivity contribution in [1.29, 1.82) is 0 Å². The van der Waals surface area contributed by atoms with Gasteiger partial charge in [-0.3, -0.25) is 0 Å². The zero-order valence-electron chi connectivity index (χ0n) is 20.6. The van der Waals surface area contributed by atoms with E-state index in [1.165, 1.54) is 83.1 Å². The first-order valence-corrected chi connectivity index (χ1v) is 13.1. The number of rotatable bonds is 20. The lowest BCUT2D eigenvalue weighted by Crippen LogP contribution is -2.14. The number of aryl methyl sites for hydroxylation is 1. The predicted molar refractivity (Wildman–Crippen MR) is 133 cm³/mol. The van der Waals surface area contributed by atoms with Crippen molar-refractivity contribution in [2.24, 2.45) is 0 Å². The molecule has 0 radical (unpaired) electrons. The van der Waals surface area contributed by atoms with Crippen LogP contribution in [0.1, 0.15) is 148 Å². The lowest BCUT2D eigenvalue weighted by Gasteiger charge is -2.15. The van der Waals surface area contributed by atoms with E-state index in [2.05, 4.69) is 13.8 Å². The van der Waals surface area contributed by atoms with Crippen LogP contribution in [0.5, 0.6) is 0 Å². The van der Waals surface area contributed by atoms with Gasteiger partial charge in [0.1, 0.15) is 0 Å². The van der Waals surface area contributed by atoms with Crippen LogP contribution < -0.4 is 0 Å². The quantitative estimate of drug-likeness (QED) is 0.197. The number of carbonyl (C=O) groups is 2. The SMILES string of the molecule is CCCCCCCCCCCc1c(CCCCCCCCC)ccc(C(=O)O)c1C(=O)O. The fraction of sp³-hybridized carbons (Fsp3) is 0.714. The van der Waals surface area contributed by atoms with Gasteiger partial charge in [-0.15, -0.1) is 0 Å². The van der Waals surface area contributed by atoms with Gasteiger partial charge in [-0.25, -0.2) is 9.59 Å². The number of unbranched alkanes of at least 4 members (excludes halogenated alkanes) is 14. The largest absolute Gasteiger partial charge is 0.478 e. The van der Waals surface area contributed by atoms with Crippen LogP contribution in [0.2, 0.25) is 0 Å². The summed E-state index contributed by atoms with van der Waals surface area (Å²) in [6.07, 6.45) is 20.8. The number of hydrogen-bond donors (Lipinski definition) is 2. The van der Waals surface area contributed by atoms with Crippen LogP contribution in [0.4, 0.5) is 0 Å². The van der Waals surface area contributed by atoms with E-state index < -0.39 is 11.9 Å². The molecule has 0 fully saturated rings. The van der Waals surface area contributed by atoms with Gasteiger partial charge in [-0.1, -0.05) is 110 Å². The van der Waals surface area contributed by atoms with Gasteiger partial charge in [0.05, 0.1) is 11.1 Å². The molecule has 0 saturated heterocycles. The van der Waals surface area contributed by atoms with E-state index in [4.69, 9.17) is 0 Å². The van der Waals surface area contributed by atoms with Crippen LogP contribution in [0.15, 0.2) is 12.1 Å². The molecular weight excluding hydrogens is 400 g/mol. The molecular formula is C28H46O4. The van der Waals surface area contributed by atoms with E-state index in [1.54, 1.807) is 0 Å². The molecule has 0 spiro atoms. The number of hydrogen-bond acceptors (Lipinski definition) is 2.